The van der Waals surface area contributed by atoms with E-state index in [0.29, 0.717) is 12.5 Å². The molecule has 3 aliphatic rings. The number of para-hydroxylation sites is 1. The number of hydrogen-bond acceptors (Lipinski definition) is 4. The van der Waals surface area contributed by atoms with Crippen molar-refractivity contribution in [1.29, 1.82) is 0 Å². The highest BCUT2D eigenvalue weighted by Crippen LogP contribution is 2.37. The average Bonchev–Trinajstić information content (AvgIpc) is 3.33. The van der Waals surface area contributed by atoms with Crippen molar-refractivity contribution in [3.05, 3.63) is 120 Å². The number of hydrogen-bond donors (Lipinski definition) is 1. The summed E-state index contributed by atoms with van der Waals surface area (Å²) in [4.78, 5) is 4.55. The monoisotopic (exact) mass is 451 g/mol. The number of aliphatic hydroxyl groups is 1. The summed E-state index contributed by atoms with van der Waals surface area (Å²) in [5.41, 5.74) is 1.42. The van der Waals surface area contributed by atoms with E-state index in [1.54, 1.807) is 6.20 Å². The highest BCUT2D eigenvalue weighted by Gasteiger charge is 2.46. The Morgan fingerprint density at radius 3 is 2.09 bits per heavy atom. The molecule has 5 nitrogen and oxygen atoms in total. The molecule has 1 aliphatic carbocycles. The van der Waals surface area contributed by atoms with Gasteiger partial charge in [0.25, 0.3) is 0 Å². The minimum Gasteiger partial charge on any atom is -0.484 e. The molecule has 0 amide bonds. The quantitative estimate of drug-likeness (QED) is 0.411. The Bertz CT molecular complexity index is 1250. The minimum absolute atomic E-state index is 0.160. The summed E-state index contributed by atoms with van der Waals surface area (Å²) >= 11 is 0. The minimum atomic E-state index is -1.46. The van der Waals surface area contributed by atoms with Crippen molar-refractivity contribution in [2.24, 2.45) is 5.92 Å². The lowest BCUT2D eigenvalue weighted by molar-refractivity contribution is -0.569. The zero-order chi connectivity index (χ0) is 23.0. The SMILES string of the molecule is OC(c1ccccc1)(c1ccccc1)c1ncc(C[N+]2=C3CC(C3)C(Oc3ccccc3)C2)o1. The van der Waals surface area contributed by atoms with Gasteiger partial charge in [0.15, 0.2) is 29.7 Å². The number of nitrogens with zero attached hydrogens (tertiary/aromatic N) is 2. The maximum atomic E-state index is 11.9. The average molecular weight is 452 g/mol. The summed E-state index contributed by atoms with van der Waals surface area (Å²) in [6, 6.07) is 29.2. The zero-order valence-corrected chi connectivity index (χ0v) is 18.9. The van der Waals surface area contributed by atoms with Gasteiger partial charge in [-0.3, -0.25) is 0 Å². The second-order valence-electron chi connectivity index (χ2n) is 9.16. The highest BCUT2D eigenvalue weighted by molar-refractivity contribution is 5.86. The number of benzene rings is 3. The number of aromatic nitrogens is 1. The van der Waals surface area contributed by atoms with Gasteiger partial charge in [0.1, 0.15) is 5.75 Å². The molecule has 7 rings (SSSR count). The fraction of sp³-hybridized carbons (Fsp3) is 0.241. The number of oxazole rings is 1. The van der Waals surface area contributed by atoms with Crippen LogP contribution in [0.2, 0.25) is 0 Å². The first kappa shape index (κ1) is 20.9. The van der Waals surface area contributed by atoms with Crippen LogP contribution in [0.1, 0.15) is 35.6 Å². The molecular weight excluding hydrogens is 424 g/mol. The Morgan fingerprint density at radius 2 is 1.47 bits per heavy atom. The molecule has 170 valence electrons. The van der Waals surface area contributed by atoms with E-state index in [2.05, 4.69) is 9.56 Å². The van der Waals surface area contributed by atoms with Crippen LogP contribution in [0.5, 0.6) is 5.75 Å². The number of fused-ring (bicyclic) bond motifs is 2. The van der Waals surface area contributed by atoms with Crippen molar-refractivity contribution in [3.63, 3.8) is 0 Å². The molecular formula is C29H27N2O3+. The number of rotatable bonds is 7. The summed E-state index contributed by atoms with van der Waals surface area (Å²) in [6.45, 7) is 1.44. The highest BCUT2D eigenvalue weighted by atomic mass is 16.5. The van der Waals surface area contributed by atoms with Crippen LogP contribution < -0.4 is 4.74 Å². The van der Waals surface area contributed by atoms with E-state index in [1.165, 1.54) is 5.71 Å². The first-order valence-corrected chi connectivity index (χ1v) is 11.8. The molecule has 2 aliphatic heterocycles. The molecule has 3 aromatic carbocycles. The molecule has 1 atom stereocenters. The Labute approximate surface area is 199 Å². The Hall–Kier alpha value is -3.70. The van der Waals surface area contributed by atoms with Gasteiger partial charge in [-0.05, 0) is 23.3 Å². The first-order chi connectivity index (χ1) is 16.7. The van der Waals surface area contributed by atoms with Gasteiger partial charge in [-0.1, -0.05) is 78.9 Å². The van der Waals surface area contributed by atoms with Gasteiger partial charge in [-0.2, -0.15) is 0 Å². The molecule has 1 saturated carbocycles. The van der Waals surface area contributed by atoms with Crippen molar-refractivity contribution in [1.82, 2.24) is 4.98 Å². The van der Waals surface area contributed by atoms with Gasteiger partial charge in [0.2, 0.25) is 12.4 Å². The van der Waals surface area contributed by atoms with E-state index in [9.17, 15) is 5.11 Å². The number of ether oxygens (including phenoxy) is 1. The van der Waals surface area contributed by atoms with Crippen LogP contribution in [0.3, 0.4) is 0 Å². The maximum absolute atomic E-state index is 11.9. The molecule has 1 fully saturated rings. The fourth-order valence-electron chi connectivity index (χ4n) is 5.05. The summed E-state index contributed by atoms with van der Waals surface area (Å²) in [6.07, 6.45) is 4.03. The molecule has 1 aromatic heterocycles. The van der Waals surface area contributed by atoms with Gasteiger partial charge in [-0.15, -0.1) is 0 Å². The molecule has 1 unspecified atom stereocenters. The van der Waals surface area contributed by atoms with Gasteiger partial charge in [0, 0.05) is 18.8 Å². The Kier molecular flexibility index (Phi) is 5.27. The van der Waals surface area contributed by atoms with E-state index in [-0.39, 0.29) is 12.0 Å². The molecule has 34 heavy (non-hydrogen) atoms. The van der Waals surface area contributed by atoms with E-state index in [1.807, 2.05) is 91.0 Å². The fourth-order valence-corrected chi connectivity index (χ4v) is 5.05. The largest absolute Gasteiger partial charge is 0.484 e. The van der Waals surface area contributed by atoms with Gasteiger partial charge in [0.05, 0.1) is 6.20 Å². The van der Waals surface area contributed by atoms with Crippen LogP contribution in [0.4, 0.5) is 0 Å². The third kappa shape index (κ3) is 3.72. The molecule has 4 aromatic rings. The third-order valence-corrected chi connectivity index (χ3v) is 6.99. The summed E-state index contributed by atoms with van der Waals surface area (Å²) in [5.74, 6) is 2.51. The molecule has 5 heteroatoms. The molecule has 0 radical (unpaired) electrons. The molecule has 0 saturated heterocycles. The summed E-state index contributed by atoms with van der Waals surface area (Å²) in [7, 11) is 0. The van der Waals surface area contributed by atoms with Crippen molar-refractivity contribution in [2.45, 2.75) is 31.1 Å². The normalized spacial score (nSPS) is 19.6. The molecule has 2 bridgehead atoms. The van der Waals surface area contributed by atoms with Crippen molar-refractivity contribution in [2.75, 3.05) is 6.54 Å². The van der Waals surface area contributed by atoms with Crippen LogP contribution in [0, 0.1) is 5.92 Å². The van der Waals surface area contributed by atoms with Crippen molar-refractivity contribution in [3.8, 4) is 5.75 Å². The van der Waals surface area contributed by atoms with Gasteiger partial charge >= 0.3 is 0 Å². The lowest BCUT2D eigenvalue weighted by Gasteiger charge is -2.37. The van der Waals surface area contributed by atoms with Crippen molar-refractivity contribution < 1.29 is 18.8 Å². The maximum Gasteiger partial charge on any atom is 0.236 e. The van der Waals surface area contributed by atoms with Gasteiger partial charge in [-0.25, -0.2) is 9.56 Å². The predicted molar refractivity (Wildman–Crippen MR) is 129 cm³/mol. The lowest BCUT2D eigenvalue weighted by Crippen LogP contribution is -2.52. The van der Waals surface area contributed by atoms with E-state index in [0.717, 1.165) is 42.0 Å². The first-order valence-electron chi connectivity index (χ1n) is 11.8. The predicted octanol–water partition coefficient (Wildman–Crippen LogP) is 4.78. The third-order valence-electron chi connectivity index (χ3n) is 6.99. The van der Waals surface area contributed by atoms with Gasteiger partial charge < -0.3 is 14.3 Å². The smallest absolute Gasteiger partial charge is 0.236 e. The molecule has 3 heterocycles. The second-order valence-corrected chi connectivity index (χ2v) is 9.16. The van der Waals surface area contributed by atoms with Crippen LogP contribution in [-0.2, 0) is 12.1 Å². The summed E-state index contributed by atoms with van der Waals surface area (Å²) < 4.78 is 14.9. The summed E-state index contributed by atoms with van der Waals surface area (Å²) in [5, 5.41) is 11.9. The zero-order valence-electron chi connectivity index (χ0n) is 18.9. The van der Waals surface area contributed by atoms with Crippen LogP contribution in [-0.4, -0.2) is 33.0 Å². The van der Waals surface area contributed by atoms with E-state index >= 15 is 0 Å². The van der Waals surface area contributed by atoms with Crippen LogP contribution >= 0.6 is 0 Å². The van der Waals surface area contributed by atoms with Crippen molar-refractivity contribution >= 4 is 5.71 Å². The lowest BCUT2D eigenvalue weighted by atomic mass is 9.75. The standard InChI is InChI=1S/C29H27N2O3/c32-29(22-10-4-1-5-11-22,23-12-6-2-7-13-23)28-30-18-26(34-28)19-31-20-27(21-16-24(31)17-21)33-25-14-8-3-9-15-25/h1-15,18,21,27,32H,16-17,19-20H2/q+1. The van der Waals surface area contributed by atoms with E-state index in [4.69, 9.17) is 9.15 Å². The molecule has 0 spiro atoms. The van der Waals surface area contributed by atoms with E-state index < -0.39 is 5.60 Å². The van der Waals surface area contributed by atoms with Crippen LogP contribution in [0.25, 0.3) is 0 Å². The Morgan fingerprint density at radius 1 is 0.882 bits per heavy atom. The van der Waals surface area contributed by atoms with Crippen LogP contribution in [0.15, 0.2) is 102 Å². The Balaban J connectivity index is 1.26. The molecule has 1 N–H and O–H groups in total. The second kappa shape index (κ2) is 8.58. The topological polar surface area (TPSA) is 58.5 Å².